The number of aryl methyl sites for hydroxylation is 2. The second-order valence-corrected chi connectivity index (χ2v) is 7.65. The molecule has 3 rings (SSSR count). The monoisotopic (exact) mass is 388 g/mol. The molecule has 0 saturated carbocycles. The van der Waals surface area contributed by atoms with Gasteiger partial charge in [-0.1, -0.05) is 11.6 Å². The number of aromatic nitrogens is 2. The molecule has 0 radical (unpaired) electrons. The lowest BCUT2D eigenvalue weighted by Gasteiger charge is -2.06. The zero-order chi connectivity index (χ0) is 14.1. The van der Waals surface area contributed by atoms with E-state index in [0.717, 1.165) is 38.6 Å². The van der Waals surface area contributed by atoms with E-state index in [4.69, 9.17) is 23.2 Å². The van der Waals surface area contributed by atoms with Gasteiger partial charge in [-0.25, -0.2) is 4.98 Å². The number of hydrogen-bond acceptors (Lipinski definition) is 2. The molecule has 104 valence electrons. The van der Waals surface area contributed by atoms with Crippen LogP contribution < -0.4 is 0 Å². The summed E-state index contributed by atoms with van der Waals surface area (Å²) in [6, 6.07) is 9.96. The number of hydrogen-bond donors (Lipinski definition) is 0. The molecule has 2 aromatic heterocycles. The van der Waals surface area contributed by atoms with Crippen LogP contribution >= 0.6 is 50.5 Å². The number of halogens is 3. The summed E-state index contributed by atoms with van der Waals surface area (Å²) in [5.41, 5.74) is 1.99. The number of thiophene rings is 1. The number of imidazole rings is 1. The van der Waals surface area contributed by atoms with Gasteiger partial charge in [-0.2, -0.15) is 0 Å². The first-order valence-corrected chi connectivity index (χ1v) is 8.64. The van der Waals surface area contributed by atoms with Gasteiger partial charge in [0.1, 0.15) is 5.82 Å². The molecule has 2 nitrogen and oxygen atoms in total. The fraction of sp³-hybridized carbons (Fsp3) is 0.214. The van der Waals surface area contributed by atoms with Crippen molar-refractivity contribution in [3.8, 4) is 0 Å². The zero-order valence-corrected chi connectivity index (χ0v) is 14.4. The van der Waals surface area contributed by atoms with Crippen molar-refractivity contribution >= 4 is 61.5 Å². The molecule has 0 N–H and O–H groups in total. The van der Waals surface area contributed by atoms with E-state index in [-0.39, 0.29) is 0 Å². The second-order valence-electron chi connectivity index (χ2n) is 4.40. The van der Waals surface area contributed by atoms with Crippen LogP contribution in [0.15, 0.2) is 34.1 Å². The molecule has 0 spiro atoms. The van der Waals surface area contributed by atoms with E-state index < -0.39 is 0 Å². The SMILES string of the molecule is ClCc1nc2ccc(Cl)cc2n1CCc1ccc(Br)s1. The van der Waals surface area contributed by atoms with Crippen LogP contribution in [0, 0.1) is 0 Å². The van der Waals surface area contributed by atoms with Gasteiger partial charge < -0.3 is 4.57 Å². The molecule has 20 heavy (non-hydrogen) atoms. The van der Waals surface area contributed by atoms with Gasteiger partial charge in [-0.05, 0) is 52.7 Å². The average Bonchev–Trinajstić information content (AvgIpc) is 2.99. The van der Waals surface area contributed by atoms with Gasteiger partial charge in [0, 0.05) is 16.4 Å². The lowest BCUT2D eigenvalue weighted by molar-refractivity contribution is 0.693. The maximum atomic E-state index is 6.09. The zero-order valence-electron chi connectivity index (χ0n) is 10.4. The maximum absolute atomic E-state index is 6.09. The quantitative estimate of drug-likeness (QED) is 0.539. The van der Waals surface area contributed by atoms with Crippen molar-refractivity contribution in [1.82, 2.24) is 9.55 Å². The van der Waals surface area contributed by atoms with Crippen LogP contribution in [-0.4, -0.2) is 9.55 Å². The van der Waals surface area contributed by atoms with Crippen molar-refractivity contribution in [2.75, 3.05) is 0 Å². The number of fused-ring (bicyclic) bond motifs is 1. The lowest BCUT2D eigenvalue weighted by atomic mass is 10.3. The highest BCUT2D eigenvalue weighted by Gasteiger charge is 2.10. The third-order valence-corrected chi connectivity index (χ3v) is 5.28. The molecule has 0 aliphatic heterocycles. The summed E-state index contributed by atoms with van der Waals surface area (Å²) in [6.45, 7) is 0.853. The summed E-state index contributed by atoms with van der Waals surface area (Å²) in [5.74, 6) is 1.29. The van der Waals surface area contributed by atoms with Gasteiger partial charge in [0.2, 0.25) is 0 Å². The predicted molar refractivity (Wildman–Crippen MR) is 90.0 cm³/mol. The Labute approximate surface area is 139 Å². The molecule has 0 aliphatic rings. The summed E-state index contributed by atoms with van der Waals surface area (Å²) >= 11 is 17.3. The highest BCUT2D eigenvalue weighted by atomic mass is 79.9. The van der Waals surface area contributed by atoms with E-state index in [9.17, 15) is 0 Å². The fourth-order valence-electron chi connectivity index (χ4n) is 2.21. The first kappa shape index (κ1) is 14.4. The second kappa shape index (κ2) is 6.06. The van der Waals surface area contributed by atoms with E-state index >= 15 is 0 Å². The smallest absolute Gasteiger partial charge is 0.124 e. The first-order valence-electron chi connectivity index (χ1n) is 6.12. The molecule has 3 aromatic rings. The highest BCUT2D eigenvalue weighted by molar-refractivity contribution is 9.11. The van der Waals surface area contributed by atoms with Crippen molar-refractivity contribution in [2.24, 2.45) is 0 Å². The molecule has 2 heterocycles. The third-order valence-electron chi connectivity index (χ3n) is 3.12. The molecule has 0 aliphatic carbocycles. The highest BCUT2D eigenvalue weighted by Crippen LogP contribution is 2.25. The minimum atomic E-state index is 0.403. The molecule has 0 unspecified atom stereocenters. The maximum Gasteiger partial charge on any atom is 0.124 e. The molecule has 0 amide bonds. The van der Waals surface area contributed by atoms with Crippen LogP contribution in [0.2, 0.25) is 5.02 Å². The van der Waals surface area contributed by atoms with Gasteiger partial charge in [-0.15, -0.1) is 22.9 Å². The van der Waals surface area contributed by atoms with Crippen LogP contribution in [0.1, 0.15) is 10.7 Å². The standard InChI is InChI=1S/C14H11BrCl2N2S/c15-13-4-2-10(20-13)5-6-19-12-7-9(17)1-3-11(12)18-14(19)8-16/h1-4,7H,5-6,8H2. The summed E-state index contributed by atoms with van der Waals surface area (Å²) in [7, 11) is 0. The topological polar surface area (TPSA) is 17.8 Å². The summed E-state index contributed by atoms with van der Waals surface area (Å²) < 4.78 is 3.31. The summed E-state index contributed by atoms with van der Waals surface area (Å²) in [4.78, 5) is 5.89. The molecule has 0 bridgehead atoms. The van der Waals surface area contributed by atoms with Gasteiger partial charge in [-0.3, -0.25) is 0 Å². The van der Waals surface area contributed by atoms with Crippen LogP contribution in [0.4, 0.5) is 0 Å². The van der Waals surface area contributed by atoms with Gasteiger partial charge in [0.15, 0.2) is 0 Å². The van der Waals surface area contributed by atoms with E-state index in [1.165, 1.54) is 4.88 Å². The van der Waals surface area contributed by atoms with Crippen molar-refractivity contribution < 1.29 is 0 Å². The van der Waals surface area contributed by atoms with Gasteiger partial charge >= 0.3 is 0 Å². The Hall–Kier alpha value is -0.550. The molecule has 0 fully saturated rings. The molecule has 0 atom stereocenters. The number of alkyl halides is 1. The van der Waals surface area contributed by atoms with Crippen LogP contribution in [0.25, 0.3) is 11.0 Å². The lowest BCUT2D eigenvalue weighted by Crippen LogP contribution is -2.04. The van der Waals surface area contributed by atoms with Crippen molar-refractivity contribution in [2.45, 2.75) is 18.8 Å². The van der Waals surface area contributed by atoms with Gasteiger partial charge in [0.05, 0.1) is 20.7 Å². The Kier molecular flexibility index (Phi) is 4.36. The Bertz CT molecular complexity index is 751. The first-order chi connectivity index (χ1) is 9.67. The van der Waals surface area contributed by atoms with Gasteiger partial charge in [0.25, 0.3) is 0 Å². The van der Waals surface area contributed by atoms with E-state index in [0.29, 0.717) is 5.88 Å². The Morgan fingerprint density at radius 3 is 2.80 bits per heavy atom. The largest absolute Gasteiger partial charge is 0.327 e. The average molecular weight is 390 g/mol. The summed E-state index contributed by atoms with van der Waals surface area (Å²) in [5, 5.41) is 0.721. The van der Waals surface area contributed by atoms with E-state index in [1.54, 1.807) is 11.3 Å². The molecule has 6 heteroatoms. The Morgan fingerprint density at radius 1 is 1.25 bits per heavy atom. The molecule has 0 saturated heterocycles. The van der Waals surface area contributed by atoms with Crippen molar-refractivity contribution in [1.29, 1.82) is 0 Å². The number of benzene rings is 1. The number of rotatable bonds is 4. The Morgan fingerprint density at radius 2 is 2.10 bits per heavy atom. The molecular weight excluding hydrogens is 379 g/mol. The van der Waals surface area contributed by atoms with Crippen molar-refractivity contribution in [3.63, 3.8) is 0 Å². The third kappa shape index (κ3) is 2.89. The van der Waals surface area contributed by atoms with Crippen LogP contribution in [-0.2, 0) is 18.8 Å². The normalized spacial score (nSPS) is 11.3. The minimum Gasteiger partial charge on any atom is -0.327 e. The number of nitrogens with zero attached hydrogens (tertiary/aromatic N) is 2. The fourth-order valence-corrected chi connectivity index (χ4v) is 4.05. The van der Waals surface area contributed by atoms with Crippen molar-refractivity contribution in [3.05, 3.63) is 49.8 Å². The Balaban J connectivity index is 1.94. The van der Waals surface area contributed by atoms with Crippen LogP contribution in [0.3, 0.4) is 0 Å². The van der Waals surface area contributed by atoms with E-state index in [1.807, 2.05) is 18.2 Å². The van der Waals surface area contributed by atoms with Crippen LogP contribution in [0.5, 0.6) is 0 Å². The summed E-state index contributed by atoms with van der Waals surface area (Å²) in [6.07, 6.45) is 0.956. The van der Waals surface area contributed by atoms with E-state index in [2.05, 4.69) is 37.6 Å². The minimum absolute atomic E-state index is 0.403. The molecule has 1 aromatic carbocycles. The predicted octanol–water partition coefficient (Wildman–Crippen LogP) is 5.50. The molecular formula is C14H11BrCl2N2S.